The summed E-state index contributed by atoms with van der Waals surface area (Å²) in [6, 6.07) is 4.80. The molecule has 0 unspecified atom stereocenters. The molecule has 0 aliphatic heterocycles. The summed E-state index contributed by atoms with van der Waals surface area (Å²) in [5.41, 5.74) is 1.40. The van der Waals surface area contributed by atoms with Crippen LogP contribution in [0.15, 0.2) is 43.0 Å². The Morgan fingerprint density at radius 1 is 1.61 bits per heavy atom. The molecule has 0 heterocycles. The number of phenolic OH excluding ortho intramolecular Hbond substituents is 1. The van der Waals surface area contributed by atoms with Crippen LogP contribution in [-0.4, -0.2) is 18.2 Å². The van der Waals surface area contributed by atoms with Crippen molar-refractivity contribution >= 4 is 17.6 Å². The Kier molecular flexibility index (Phi) is 4.98. The van der Waals surface area contributed by atoms with Gasteiger partial charge in [-0.05, 0) is 29.7 Å². The van der Waals surface area contributed by atoms with Crippen molar-refractivity contribution in [2.75, 3.05) is 7.11 Å². The molecule has 0 aliphatic carbocycles. The molecule has 0 radical (unpaired) electrons. The Hall–Kier alpha value is -1.74. The molecule has 0 spiro atoms. The first-order valence-corrected chi connectivity index (χ1v) is 5.73. The highest BCUT2D eigenvalue weighted by Gasteiger charge is 2.21. The van der Waals surface area contributed by atoms with Crippen molar-refractivity contribution in [1.29, 1.82) is 0 Å². The fourth-order valence-electron chi connectivity index (χ4n) is 1.56. The van der Waals surface area contributed by atoms with Gasteiger partial charge in [0.2, 0.25) is 0 Å². The van der Waals surface area contributed by atoms with Gasteiger partial charge in [0.1, 0.15) is 5.75 Å². The molecule has 1 aromatic rings. The standard InChI is InChI=1S/C14H15ClO3/c1-4-9(2)11(14(17)18-3)7-10-5-6-13(16)12(15)8-10/h4-6,8,11,16H,1-2,7H2,3H3/t11-/m1/s1. The maximum absolute atomic E-state index is 11.7. The average Bonchev–Trinajstić information content (AvgIpc) is 2.38. The topological polar surface area (TPSA) is 46.5 Å². The summed E-state index contributed by atoms with van der Waals surface area (Å²) in [6.45, 7) is 7.38. The van der Waals surface area contributed by atoms with Crippen molar-refractivity contribution < 1.29 is 14.6 Å². The molecule has 1 aromatic carbocycles. The Bertz CT molecular complexity index is 480. The van der Waals surface area contributed by atoms with Crippen LogP contribution in [0.4, 0.5) is 0 Å². The molecule has 18 heavy (non-hydrogen) atoms. The summed E-state index contributed by atoms with van der Waals surface area (Å²) in [6.07, 6.45) is 1.93. The van der Waals surface area contributed by atoms with Crippen molar-refractivity contribution in [2.24, 2.45) is 5.92 Å². The average molecular weight is 267 g/mol. The monoisotopic (exact) mass is 266 g/mol. The Balaban J connectivity index is 2.95. The third kappa shape index (κ3) is 3.37. The number of hydrogen-bond acceptors (Lipinski definition) is 3. The number of esters is 1. The number of phenols is 1. The summed E-state index contributed by atoms with van der Waals surface area (Å²) < 4.78 is 4.73. The first-order valence-electron chi connectivity index (χ1n) is 5.36. The fourth-order valence-corrected chi connectivity index (χ4v) is 1.77. The predicted octanol–water partition coefficient (Wildman–Crippen LogP) is 3.12. The highest BCUT2D eigenvalue weighted by atomic mass is 35.5. The highest BCUT2D eigenvalue weighted by molar-refractivity contribution is 6.32. The second-order valence-electron chi connectivity index (χ2n) is 3.84. The molecule has 4 heteroatoms. The molecule has 0 aromatic heterocycles. The van der Waals surface area contributed by atoms with Gasteiger partial charge in [-0.3, -0.25) is 4.79 Å². The van der Waals surface area contributed by atoms with Gasteiger partial charge in [-0.15, -0.1) is 0 Å². The number of carbonyl (C=O) groups is 1. The van der Waals surface area contributed by atoms with Gasteiger partial charge >= 0.3 is 5.97 Å². The summed E-state index contributed by atoms with van der Waals surface area (Å²) >= 11 is 5.82. The van der Waals surface area contributed by atoms with E-state index in [1.165, 1.54) is 19.3 Å². The van der Waals surface area contributed by atoms with Gasteiger partial charge in [0, 0.05) is 0 Å². The van der Waals surface area contributed by atoms with E-state index < -0.39 is 5.92 Å². The third-order valence-electron chi connectivity index (χ3n) is 2.65. The first-order chi connectivity index (χ1) is 8.49. The Morgan fingerprint density at radius 2 is 2.28 bits per heavy atom. The molecule has 96 valence electrons. The van der Waals surface area contributed by atoms with E-state index in [1.807, 2.05) is 0 Å². The number of rotatable bonds is 5. The van der Waals surface area contributed by atoms with Gasteiger partial charge in [0.05, 0.1) is 18.1 Å². The normalized spacial score (nSPS) is 11.7. The van der Waals surface area contributed by atoms with Crippen LogP contribution in [0.5, 0.6) is 5.75 Å². The lowest BCUT2D eigenvalue weighted by molar-refractivity contribution is -0.143. The number of hydrogen-bond donors (Lipinski definition) is 1. The smallest absolute Gasteiger partial charge is 0.313 e. The summed E-state index contributed by atoms with van der Waals surface area (Å²) in [7, 11) is 1.33. The van der Waals surface area contributed by atoms with Gasteiger partial charge in [-0.1, -0.05) is 36.9 Å². The minimum atomic E-state index is -0.492. The molecule has 0 aliphatic rings. The number of carbonyl (C=O) groups excluding carboxylic acids is 1. The maximum atomic E-state index is 11.7. The second-order valence-corrected chi connectivity index (χ2v) is 4.25. The molecule has 1 N–H and O–H groups in total. The van der Waals surface area contributed by atoms with E-state index in [0.717, 1.165) is 5.56 Å². The largest absolute Gasteiger partial charge is 0.506 e. The van der Waals surface area contributed by atoms with E-state index in [1.54, 1.807) is 12.1 Å². The second kappa shape index (κ2) is 6.26. The number of methoxy groups -OCH3 is 1. The van der Waals surface area contributed by atoms with Gasteiger partial charge in [0.25, 0.3) is 0 Å². The van der Waals surface area contributed by atoms with Gasteiger partial charge < -0.3 is 9.84 Å². The molecule has 1 rings (SSSR count). The number of aromatic hydroxyl groups is 1. The van der Waals surface area contributed by atoms with Gasteiger partial charge in [-0.2, -0.15) is 0 Å². The van der Waals surface area contributed by atoms with Crippen LogP contribution in [0, 0.1) is 5.92 Å². The Morgan fingerprint density at radius 3 is 2.78 bits per heavy atom. The van der Waals surface area contributed by atoms with Crippen molar-refractivity contribution in [3.05, 3.63) is 53.6 Å². The third-order valence-corrected chi connectivity index (χ3v) is 2.95. The van der Waals surface area contributed by atoms with Crippen LogP contribution in [0.3, 0.4) is 0 Å². The van der Waals surface area contributed by atoms with Crippen LogP contribution >= 0.6 is 11.6 Å². The van der Waals surface area contributed by atoms with Crippen molar-refractivity contribution in [2.45, 2.75) is 6.42 Å². The molecule has 0 amide bonds. The predicted molar refractivity (Wildman–Crippen MR) is 71.7 cm³/mol. The van der Waals surface area contributed by atoms with E-state index in [4.69, 9.17) is 16.3 Å². The lowest BCUT2D eigenvalue weighted by Gasteiger charge is -2.15. The van der Waals surface area contributed by atoms with E-state index >= 15 is 0 Å². The minimum absolute atomic E-state index is 0.0116. The molecule has 0 saturated carbocycles. The maximum Gasteiger partial charge on any atom is 0.313 e. The van der Waals surface area contributed by atoms with Crippen LogP contribution < -0.4 is 0 Å². The lowest BCUT2D eigenvalue weighted by atomic mass is 9.92. The van der Waals surface area contributed by atoms with Crippen molar-refractivity contribution in [3.8, 4) is 5.75 Å². The molecule has 3 nitrogen and oxygen atoms in total. The first kappa shape index (κ1) is 14.3. The van der Waals surface area contributed by atoms with Gasteiger partial charge in [-0.25, -0.2) is 0 Å². The number of halogens is 1. The molecule has 0 saturated heterocycles. The minimum Gasteiger partial charge on any atom is -0.506 e. The summed E-state index contributed by atoms with van der Waals surface area (Å²) in [5.74, 6) is -0.852. The fraction of sp³-hybridized carbons (Fsp3) is 0.214. The zero-order chi connectivity index (χ0) is 13.7. The molecule has 1 atom stereocenters. The van der Waals surface area contributed by atoms with E-state index in [2.05, 4.69) is 13.2 Å². The molecular weight excluding hydrogens is 252 g/mol. The quantitative estimate of drug-likeness (QED) is 0.658. The van der Waals surface area contributed by atoms with Crippen molar-refractivity contribution in [3.63, 3.8) is 0 Å². The summed E-state index contributed by atoms with van der Waals surface area (Å²) in [5, 5.41) is 9.58. The Labute approximate surface area is 111 Å². The van der Waals surface area contributed by atoms with E-state index in [9.17, 15) is 9.90 Å². The zero-order valence-corrected chi connectivity index (χ0v) is 10.9. The number of allylic oxidation sites excluding steroid dienone is 1. The highest BCUT2D eigenvalue weighted by Crippen LogP contribution is 2.26. The SMILES string of the molecule is C=CC(=C)[C@@H](Cc1ccc(O)c(Cl)c1)C(=O)OC. The zero-order valence-electron chi connectivity index (χ0n) is 10.1. The van der Waals surface area contributed by atoms with Crippen LogP contribution in [-0.2, 0) is 16.0 Å². The summed E-state index contributed by atoms with van der Waals surface area (Å²) in [4.78, 5) is 11.7. The van der Waals surface area contributed by atoms with Crippen LogP contribution in [0.25, 0.3) is 0 Å². The molecule has 0 fully saturated rings. The lowest BCUT2D eigenvalue weighted by Crippen LogP contribution is -2.19. The van der Waals surface area contributed by atoms with E-state index in [0.29, 0.717) is 12.0 Å². The molecular formula is C14H15ClO3. The number of ether oxygens (including phenoxy) is 1. The van der Waals surface area contributed by atoms with Crippen LogP contribution in [0.2, 0.25) is 5.02 Å². The van der Waals surface area contributed by atoms with Gasteiger partial charge in [0.15, 0.2) is 0 Å². The van der Waals surface area contributed by atoms with E-state index in [-0.39, 0.29) is 16.7 Å². The molecule has 0 bridgehead atoms. The van der Waals surface area contributed by atoms with Crippen molar-refractivity contribution in [1.82, 2.24) is 0 Å². The van der Waals surface area contributed by atoms with Crippen LogP contribution in [0.1, 0.15) is 5.56 Å². The number of benzene rings is 1.